The molecule has 4 N–H and O–H groups in total. The first-order valence-electron chi connectivity index (χ1n) is 9.86. The van der Waals surface area contributed by atoms with Crippen LogP contribution in [-0.2, 0) is 17.8 Å². The second kappa shape index (κ2) is 12.0. The number of rotatable bonds is 8. The molecule has 0 unspecified atom stereocenters. The Morgan fingerprint density at radius 2 is 1.70 bits per heavy atom. The van der Waals surface area contributed by atoms with Crippen LogP contribution in [0.4, 0.5) is 4.79 Å². The summed E-state index contributed by atoms with van der Waals surface area (Å²) in [5, 5.41) is 18.1. The van der Waals surface area contributed by atoms with Crippen LogP contribution in [0.2, 0.25) is 0 Å². The van der Waals surface area contributed by atoms with Crippen molar-refractivity contribution >= 4 is 24.4 Å². The van der Waals surface area contributed by atoms with Crippen LogP contribution in [0.5, 0.6) is 5.75 Å². The lowest BCUT2D eigenvalue weighted by atomic mass is 10.1. The summed E-state index contributed by atoms with van der Waals surface area (Å²) < 4.78 is 5.75. The average Bonchev–Trinajstić information content (AvgIpc) is 2.74. The van der Waals surface area contributed by atoms with Gasteiger partial charge in [-0.1, -0.05) is 42.5 Å². The number of carboxylic acid groups (broad SMARTS) is 1. The van der Waals surface area contributed by atoms with Crippen LogP contribution in [0, 0.1) is 0 Å². The lowest BCUT2D eigenvalue weighted by Gasteiger charge is -2.24. The number of carbonyl (C=O) groups is 2. The van der Waals surface area contributed by atoms with Crippen molar-refractivity contribution in [2.75, 3.05) is 13.1 Å². The highest BCUT2D eigenvalue weighted by Gasteiger charge is 2.22. The van der Waals surface area contributed by atoms with E-state index < -0.39 is 18.0 Å². The summed E-state index contributed by atoms with van der Waals surface area (Å²) in [6, 6.07) is 15.8. The molecule has 0 bridgehead atoms. The van der Waals surface area contributed by atoms with Gasteiger partial charge in [0.15, 0.2) is 0 Å². The quantitative estimate of drug-likeness (QED) is 0.513. The van der Waals surface area contributed by atoms with Gasteiger partial charge in [0.25, 0.3) is 0 Å². The van der Waals surface area contributed by atoms with Gasteiger partial charge in [0, 0.05) is 12.5 Å². The Hall–Kier alpha value is -2.77. The lowest BCUT2D eigenvalue weighted by Crippen LogP contribution is -2.51. The fraction of sp³-hybridized carbons (Fsp3) is 0.364. The molecule has 0 radical (unpaired) electrons. The molecule has 30 heavy (non-hydrogen) atoms. The van der Waals surface area contributed by atoms with E-state index in [0.717, 1.165) is 37.1 Å². The Morgan fingerprint density at radius 3 is 2.33 bits per heavy atom. The molecule has 3 rings (SSSR count). The number of hydrogen-bond acceptors (Lipinski definition) is 4. The predicted molar refractivity (Wildman–Crippen MR) is 117 cm³/mol. The molecule has 1 heterocycles. The first kappa shape index (κ1) is 23.5. The fourth-order valence-electron chi connectivity index (χ4n) is 3.25. The minimum Gasteiger partial charge on any atom is -0.489 e. The SMILES string of the molecule is Cl.O=C(NC1CCNCC1)N[C@@H](Cc1ccc(OCc2ccccc2)cc1)C(=O)O. The highest BCUT2D eigenvalue weighted by atomic mass is 35.5. The van der Waals surface area contributed by atoms with Crippen LogP contribution in [0.15, 0.2) is 54.6 Å². The summed E-state index contributed by atoms with van der Waals surface area (Å²) in [6.45, 7) is 2.17. The zero-order valence-corrected chi connectivity index (χ0v) is 17.5. The number of carboxylic acids is 1. The van der Waals surface area contributed by atoms with E-state index in [1.54, 1.807) is 0 Å². The second-order valence-electron chi connectivity index (χ2n) is 7.16. The van der Waals surface area contributed by atoms with Gasteiger partial charge in [0.1, 0.15) is 18.4 Å². The lowest BCUT2D eigenvalue weighted by molar-refractivity contribution is -0.139. The molecule has 7 nitrogen and oxygen atoms in total. The third-order valence-electron chi connectivity index (χ3n) is 4.89. The summed E-state index contributed by atoms with van der Waals surface area (Å²) in [5.74, 6) is -0.351. The molecule has 1 fully saturated rings. The first-order valence-corrected chi connectivity index (χ1v) is 9.86. The van der Waals surface area contributed by atoms with Crippen molar-refractivity contribution in [2.24, 2.45) is 0 Å². The van der Waals surface area contributed by atoms with Crippen LogP contribution < -0.4 is 20.7 Å². The van der Waals surface area contributed by atoms with Crippen LogP contribution in [0.1, 0.15) is 24.0 Å². The summed E-state index contributed by atoms with van der Waals surface area (Å²) in [5.41, 5.74) is 1.89. The zero-order valence-electron chi connectivity index (χ0n) is 16.7. The Bertz CT molecular complexity index is 796. The Morgan fingerprint density at radius 1 is 1.03 bits per heavy atom. The van der Waals surface area contributed by atoms with Crippen LogP contribution in [-0.4, -0.2) is 42.3 Å². The largest absolute Gasteiger partial charge is 0.489 e. The first-order chi connectivity index (χ1) is 14.1. The number of ether oxygens (including phenoxy) is 1. The summed E-state index contributed by atoms with van der Waals surface area (Å²) in [4.78, 5) is 23.7. The molecular weight excluding hydrogens is 406 g/mol. The number of benzene rings is 2. The maximum Gasteiger partial charge on any atom is 0.326 e. The number of amides is 2. The van der Waals surface area contributed by atoms with Gasteiger partial charge < -0.3 is 25.8 Å². The molecule has 162 valence electrons. The summed E-state index contributed by atoms with van der Waals surface area (Å²) in [7, 11) is 0. The minimum atomic E-state index is -1.06. The van der Waals surface area contributed by atoms with Crippen molar-refractivity contribution in [3.63, 3.8) is 0 Å². The van der Waals surface area contributed by atoms with E-state index in [2.05, 4.69) is 16.0 Å². The summed E-state index contributed by atoms with van der Waals surface area (Å²) >= 11 is 0. The molecule has 2 aromatic carbocycles. The molecule has 1 atom stereocenters. The molecule has 8 heteroatoms. The number of piperidine rings is 1. The number of hydrogen-bond donors (Lipinski definition) is 4. The molecule has 1 aliphatic rings. The maximum atomic E-state index is 12.2. The fourth-order valence-corrected chi connectivity index (χ4v) is 3.25. The van der Waals surface area contributed by atoms with E-state index in [0.29, 0.717) is 12.4 Å². The van der Waals surface area contributed by atoms with Gasteiger partial charge >= 0.3 is 12.0 Å². The van der Waals surface area contributed by atoms with Gasteiger partial charge in [-0.2, -0.15) is 0 Å². The molecular formula is C22H28ClN3O4. The monoisotopic (exact) mass is 433 g/mol. The Balaban J connectivity index is 0.00000320. The molecule has 0 spiro atoms. The number of aliphatic carboxylic acids is 1. The van der Waals surface area contributed by atoms with Crippen LogP contribution in [0.3, 0.4) is 0 Å². The van der Waals surface area contributed by atoms with Crippen molar-refractivity contribution in [3.8, 4) is 5.75 Å². The number of nitrogens with one attached hydrogen (secondary N) is 3. The highest BCUT2D eigenvalue weighted by Crippen LogP contribution is 2.15. The normalized spacial score (nSPS) is 14.8. The smallest absolute Gasteiger partial charge is 0.326 e. The second-order valence-corrected chi connectivity index (χ2v) is 7.16. The molecule has 0 aromatic heterocycles. The average molecular weight is 434 g/mol. The van der Waals surface area contributed by atoms with Gasteiger partial charge in [0.05, 0.1) is 0 Å². The minimum absolute atomic E-state index is 0. The number of halogens is 1. The third kappa shape index (κ3) is 7.57. The van der Waals surface area contributed by atoms with Gasteiger partial charge in [-0.05, 0) is 49.2 Å². The maximum absolute atomic E-state index is 12.2. The van der Waals surface area contributed by atoms with Gasteiger partial charge in [-0.3, -0.25) is 0 Å². The molecule has 0 aliphatic carbocycles. The Kier molecular flexibility index (Phi) is 9.44. The highest BCUT2D eigenvalue weighted by molar-refractivity contribution is 5.85. The van der Waals surface area contributed by atoms with E-state index in [1.807, 2.05) is 54.6 Å². The van der Waals surface area contributed by atoms with E-state index in [9.17, 15) is 14.7 Å². The van der Waals surface area contributed by atoms with Crippen LogP contribution >= 0.6 is 12.4 Å². The van der Waals surface area contributed by atoms with Gasteiger partial charge in [-0.15, -0.1) is 12.4 Å². The van der Waals surface area contributed by atoms with E-state index >= 15 is 0 Å². The van der Waals surface area contributed by atoms with Crippen LogP contribution in [0.25, 0.3) is 0 Å². The van der Waals surface area contributed by atoms with Crippen molar-refractivity contribution in [1.82, 2.24) is 16.0 Å². The van der Waals surface area contributed by atoms with E-state index in [1.165, 1.54) is 0 Å². The van der Waals surface area contributed by atoms with Crippen molar-refractivity contribution < 1.29 is 19.4 Å². The van der Waals surface area contributed by atoms with Gasteiger partial charge in [-0.25, -0.2) is 9.59 Å². The predicted octanol–water partition coefficient (Wildman–Crippen LogP) is 2.73. The number of carbonyl (C=O) groups excluding carboxylic acids is 1. The molecule has 2 amide bonds. The zero-order chi connectivity index (χ0) is 20.5. The van der Waals surface area contributed by atoms with Gasteiger partial charge in [0.2, 0.25) is 0 Å². The molecule has 2 aromatic rings. The topological polar surface area (TPSA) is 99.7 Å². The Labute approximate surface area is 182 Å². The van der Waals surface area contributed by atoms with Crippen molar-refractivity contribution in [2.45, 2.75) is 38.0 Å². The van der Waals surface area contributed by atoms with Crippen molar-refractivity contribution in [1.29, 1.82) is 0 Å². The third-order valence-corrected chi connectivity index (χ3v) is 4.89. The standard InChI is InChI=1S/C22H27N3O4.ClH/c26-21(27)20(25-22(28)24-18-10-12-23-13-11-18)14-16-6-8-19(9-7-16)29-15-17-4-2-1-3-5-17;/h1-9,18,20,23H,10-15H2,(H,26,27)(H2,24,25,28);1H/t20-;/m0./s1. The van der Waals surface area contributed by atoms with E-state index in [4.69, 9.17) is 4.74 Å². The van der Waals surface area contributed by atoms with E-state index in [-0.39, 0.29) is 24.9 Å². The molecule has 1 aliphatic heterocycles. The summed E-state index contributed by atoms with van der Waals surface area (Å²) in [6.07, 6.45) is 1.89. The molecule has 0 saturated carbocycles. The van der Waals surface area contributed by atoms with Crippen molar-refractivity contribution in [3.05, 3.63) is 65.7 Å². The molecule has 1 saturated heterocycles. The number of urea groups is 1.